The molecule has 0 N–H and O–H groups in total. The predicted molar refractivity (Wildman–Crippen MR) is 71.7 cm³/mol. The molecule has 1 fully saturated rings. The molecule has 1 heterocycles. The highest BCUT2D eigenvalue weighted by molar-refractivity contribution is 9.10. The van der Waals surface area contributed by atoms with Gasteiger partial charge in [-0.25, -0.2) is 4.79 Å². The fourth-order valence-corrected chi connectivity index (χ4v) is 2.03. The van der Waals surface area contributed by atoms with Gasteiger partial charge in [0.2, 0.25) is 0 Å². The van der Waals surface area contributed by atoms with Crippen LogP contribution in [0.15, 0.2) is 28.7 Å². The van der Waals surface area contributed by atoms with Crippen LogP contribution in [0.5, 0.6) is 5.75 Å². The Kier molecular flexibility index (Phi) is 4.11. The van der Waals surface area contributed by atoms with Crippen molar-refractivity contribution in [2.45, 2.75) is 26.0 Å². The topological polar surface area (TPSA) is 38.8 Å². The van der Waals surface area contributed by atoms with E-state index in [9.17, 15) is 4.79 Å². The summed E-state index contributed by atoms with van der Waals surface area (Å²) in [7, 11) is 0. The zero-order chi connectivity index (χ0) is 13.1. The lowest BCUT2D eigenvalue weighted by atomic mass is 10.3. The van der Waals surface area contributed by atoms with Crippen molar-refractivity contribution < 1.29 is 14.3 Å². The molecule has 1 saturated heterocycles. The van der Waals surface area contributed by atoms with Crippen LogP contribution in [0.2, 0.25) is 0 Å². The molecule has 0 saturated carbocycles. The summed E-state index contributed by atoms with van der Waals surface area (Å²) >= 11 is 3.36. The van der Waals surface area contributed by atoms with Crippen LogP contribution in [0, 0.1) is 0 Å². The molecule has 0 radical (unpaired) electrons. The number of amides is 1. The van der Waals surface area contributed by atoms with E-state index in [4.69, 9.17) is 9.47 Å². The van der Waals surface area contributed by atoms with Gasteiger partial charge in [-0.3, -0.25) is 0 Å². The van der Waals surface area contributed by atoms with Crippen LogP contribution in [0.4, 0.5) is 4.79 Å². The van der Waals surface area contributed by atoms with Crippen molar-refractivity contribution in [1.82, 2.24) is 4.90 Å². The molecule has 0 aromatic heterocycles. The Bertz CT molecular complexity index is 419. The fraction of sp³-hybridized carbons (Fsp3) is 0.462. The highest BCUT2D eigenvalue weighted by Gasteiger charge is 2.33. The van der Waals surface area contributed by atoms with E-state index in [1.807, 2.05) is 38.1 Å². The maximum atomic E-state index is 11.5. The van der Waals surface area contributed by atoms with Crippen molar-refractivity contribution in [2.75, 3.05) is 13.2 Å². The number of hydrogen-bond acceptors (Lipinski definition) is 3. The van der Waals surface area contributed by atoms with Gasteiger partial charge in [0.25, 0.3) is 0 Å². The average molecular weight is 314 g/mol. The number of rotatable bonds is 4. The first-order valence-corrected chi connectivity index (χ1v) is 6.71. The number of hydrogen-bond donors (Lipinski definition) is 0. The Morgan fingerprint density at radius 1 is 1.44 bits per heavy atom. The SMILES string of the molecule is CC(C)N1C[C@H](COc2ccc(Br)cc2)OC1=O. The zero-order valence-corrected chi connectivity index (χ0v) is 12.0. The summed E-state index contributed by atoms with van der Waals surface area (Å²) in [5, 5.41) is 0. The van der Waals surface area contributed by atoms with E-state index in [1.165, 1.54) is 0 Å². The smallest absolute Gasteiger partial charge is 0.410 e. The third kappa shape index (κ3) is 3.16. The van der Waals surface area contributed by atoms with Crippen LogP contribution < -0.4 is 4.74 Å². The summed E-state index contributed by atoms with van der Waals surface area (Å²) < 4.78 is 11.8. The van der Waals surface area contributed by atoms with Gasteiger partial charge in [0.1, 0.15) is 12.4 Å². The summed E-state index contributed by atoms with van der Waals surface area (Å²) in [6.07, 6.45) is -0.446. The predicted octanol–water partition coefficient (Wildman–Crippen LogP) is 3.06. The van der Waals surface area contributed by atoms with Crippen molar-refractivity contribution in [3.8, 4) is 5.75 Å². The third-order valence-electron chi connectivity index (χ3n) is 2.78. The number of ether oxygens (including phenoxy) is 2. The molecule has 0 aliphatic carbocycles. The second-order valence-corrected chi connectivity index (χ2v) is 5.43. The summed E-state index contributed by atoms with van der Waals surface area (Å²) in [5.74, 6) is 0.775. The van der Waals surface area contributed by atoms with Crippen LogP contribution in [0.1, 0.15) is 13.8 Å². The molecule has 2 rings (SSSR count). The minimum Gasteiger partial charge on any atom is -0.490 e. The molecule has 5 heteroatoms. The van der Waals surface area contributed by atoms with Gasteiger partial charge < -0.3 is 14.4 Å². The molecule has 1 aromatic carbocycles. The highest BCUT2D eigenvalue weighted by Crippen LogP contribution is 2.18. The van der Waals surface area contributed by atoms with Crippen molar-refractivity contribution in [2.24, 2.45) is 0 Å². The standard InChI is InChI=1S/C13H16BrNO3/c1-9(2)15-7-12(18-13(15)16)8-17-11-5-3-10(14)4-6-11/h3-6,9,12H,7-8H2,1-2H3/t12-/m1/s1. The van der Waals surface area contributed by atoms with Gasteiger partial charge in [-0.15, -0.1) is 0 Å². The summed E-state index contributed by atoms with van der Waals surface area (Å²) in [6.45, 7) is 4.92. The lowest BCUT2D eigenvalue weighted by molar-refractivity contribution is 0.102. The van der Waals surface area contributed by atoms with E-state index < -0.39 is 0 Å². The third-order valence-corrected chi connectivity index (χ3v) is 3.30. The number of nitrogens with zero attached hydrogens (tertiary/aromatic N) is 1. The van der Waals surface area contributed by atoms with E-state index in [0.717, 1.165) is 10.2 Å². The Hall–Kier alpha value is -1.23. The maximum Gasteiger partial charge on any atom is 0.410 e. The zero-order valence-electron chi connectivity index (χ0n) is 10.4. The van der Waals surface area contributed by atoms with Gasteiger partial charge in [-0.1, -0.05) is 15.9 Å². The van der Waals surface area contributed by atoms with Crippen molar-refractivity contribution in [3.05, 3.63) is 28.7 Å². The maximum absolute atomic E-state index is 11.5. The molecule has 4 nitrogen and oxygen atoms in total. The Balaban J connectivity index is 1.85. The molecular formula is C13H16BrNO3. The normalized spacial score (nSPS) is 19.2. The number of benzene rings is 1. The van der Waals surface area contributed by atoms with Gasteiger partial charge in [0.15, 0.2) is 6.10 Å². The summed E-state index contributed by atoms with van der Waals surface area (Å²) in [6, 6.07) is 7.74. The number of cyclic esters (lactones) is 1. The lowest BCUT2D eigenvalue weighted by Crippen LogP contribution is -2.32. The Labute approximate surface area is 115 Å². The molecule has 1 atom stereocenters. The molecule has 18 heavy (non-hydrogen) atoms. The molecule has 0 bridgehead atoms. The monoisotopic (exact) mass is 313 g/mol. The minimum absolute atomic E-state index is 0.162. The van der Waals surface area contributed by atoms with Gasteiger partial charge in [-0.05, 0) is 38.1 Å². The van der Waals surface area contributed by atoms with Crippen molar-refractivity contribution in [3.63, 3.8) is 0 Å². The van der Waals surface area contributed by atoms with Crippen LogP contribution in [0.3, 0.4) is 0 Å². The Morgan fingerprint density at radius 2 is 2.11 bits per heavy atom. The van der Waals surface area contributed by atoms with E-state index >= 15 is 0 Å². The van der Waals surface area contributed by atoms with Crippen LogP contribution in [0.25, 0.3) is 0 Å². The first-order valence-electron chi connectivity index (χ1n) is 5.92. The van der Waals surface area contributed by atoms with Gasteiger partial charge >= 0.3 is 6.09 Å². The molecule has 98 valence electrons. The average Bonchev–Trinajstić information content (AvgIpc) is 2.70. The number of carbonyl (C=O) groups is 1. The first-order chi connectivity index (χ1) is 8.56. The van der Waals surface area contributed by atoms with Gasteiger partial charge in [-0.2, -0.15) is 0 Å². The molecule has 0 spiro atoms. The first kappa shape index (κ1) is 13.2. The van der Waals surface area contributed by atoms with E-state index in [0.29, 0.717) is 13.2 Å². The molecular weight excluding hydrogens is 298 g/mol. The summed E-state index contributed by atoms with van der Waals surface area (Å²) in [4.78, 5) is 13.2. The van der Waals surface area contributed by atoms with E-state index in [1.54, 1.807) is 4.90 Å². The van der Waals surface area contributed by atoms with Crippen molar-refractivity contribution in [1.29, 1.82) is 0 Å². The summed E-state index contributed by atoms with van der Waals surface area (Å²) in [5.41, 5.74) is 0. The second-order valence-electron chi connectivity index (χ2n) is 4.52. The quantitative estimate of drug-likeness (QED) is 0.857. The minimum atomic E-state index is -0.255. The lowest BCUT2D eigenvalue weighted by Gasteiger charge is -2.16. The molecule has 1 aliphatic heterocycles. The van der Waals surface area contributed by atoms with E-state index in [-0.39, 0.29) is 18.2 Å². The second kappa shape index (κ2) is 5.61. The highest BCUT2D eigenvalue weighted by atomic mass is 79.9. The molecule has 1 amide bonds. The molecule has 1 aliphatic rings. The number of carbonyl (C=O) groups excluding carboxylic acids is 1. The fourth-order valence-electron chi connectivity index (χ4n) is 1.77. The molecule has 1 aromatic rings. The van der Waals surface area contributed by atoms with E-state index in [2.05, 4.69) is 15.9 Å². The Morgan fingerprint density at radius 3 is 2.67 bits per heavy atom. The van der Waals surface area contributed by atoms with Gasteiger partial charge in [0, 0.05) is 10.5 Å². The van der Waals surface area contributed by atoms with Crippen LogP contribution >= 0.6 is 15.9 Å². The van der Waals surface area contributed by atoms with Gasteiger partial charge in [0.05, 0.1) is 6.54 Å². The largest absolute Gasteiger partial charge is 0.490 e. The van der Waals surface area contributed by atoms with Crippen molar-refractivity contribution >= 4 is 22.0 Å². The molecule has 0 unspecified atom stereocenters. The number of halogens is 1. The van der Waals surface area contributed by atoms with Crippen LogP contribution in [-0.4, -0.2) is 36.3 Å². The van der Waals surface area contributed by atoms with Crippen LogP contribution in [-0.2, 0) is 4.74 Å².